The van der Waals surface area contributed by atoms with Crippen molar-refractivity contribution in [3.8, 4) is 34.2 Å². The Hall–Kier alpha value is -6.07. The second kappa shape index (κ2) is 11.6. The van der Waals surface area contributed by atoms with Crippen molar-refractivity contribution >= 4 is 22.7 Å². The highest BCUT2D eigenvalue weighted by Crippen LogP contribution is 2.60. The van der Waals surface area contributed by atoms with Crippen LogP contribution in [-0.2, 0) is 0 Å². The molecule has 6 aromatic carbocycles. The maximum absolute atomic E-state index is 5.05. The molecular formula is C43H33N5. The van der Waals surface area contributed by atoms with Crippen LogP contribution in [0.4, 0.5) is 22.7 Å². The summed E-state index contributed by atoms with van der Waals surface area (Å²) in [5.74, 6) is 2.12. The molecule has 0 radical (unpaired) electrons. The number of hydrogen-bond donors (Lipinski definition) is 0. The third kappa shape index (κ3) is 4.58. The van der Waals surface area contributed by atoms with E-state index in [4.69, 9.17) is 15.0 Å². The van der Waals surface area contributed by atoms with E-state index in [9.17, 15) is 0 Å². The number of aromatic nitrogens is 3. The monoisotopic (exact) mass is 619 g/mol. The molecule has 2 aliphatic heterocycles. The summed E-state index contributed by atoms with van der Waals surface area (Å²) in [6, 6.07) is 55.8. The van der Waals surface area contributed by atoms with Gasteiger partial charge >= 0.3 is 0 Å². The Morgan fingerprint density at radius 2 is 0.917 bits per heavy atom. The van der Waals surface area contributed by atoms with Crippen molar-refractivity contribution in [3.05, 3.63) is 174 Å². The molecule has 0 N–H and O–H groups in total. The fraction of sp³-hybridized carbons (Fsp3) is 0.0930. The first-order valence-corrected chi connectivity index (χ1v) is 16.6. The average molecular weight is 620 g/mol. The van der Waals surface area contributed by atoms with Crippen LogP contribution >= 0.6 is 0 Å². The van der Waals surface area contributed by atoms with E-state index in [0.29, 0.717) is 17.5 Å². The Bertz CT molecular complexity index is 2210. The SMILES string of the molecule is CCN1c2ccccc2C2c3ccccc3N(c3cccc(-c4nc(-c5ccccc5)nc(-c5ccccc5)n4)c3)C2c2ccccc21. The zero-order chi connectivity index (χ0) is 32.0. The Morgan fingerprint density at radius 3 is 1.52 bits per heavy atom. The third-order valence-electron chi connectivity index (χ3n) is 9.63. The normalized spacial score (nSPS) is 16.0. The maximum atomic E-state index is 5.05. The molecule has 5 heteroatoms. The van der Waals surface area contributed by atoms with E-state index < -0.39 is 0 Å². The Morgan fingerprint density at radius 1 is 0.458 bits per heavy atom. The molecule has 0 saturated heterocycles. The van der Waals surface area contributed by atoms with Crippen LogP contribution in [-0.4, -0.2) is 21.5 Å². The zero-order valence-corrected chi connectivity index (χ0v) is 26.6. The quantitative estimate of drug-likeness (QED) is 0.192. The van der Waals surface area contributed by atoms with Gasteiger partial charge in [-0.2, -0.15) is 0 Å². The Balaban J connectivity index is 1.24. The number of benzene rings is 6. The minimum Gasteiger partial charge on any atom is -0.341 e. The van der Waals surface area contributed by atoms with E-state index in [-0.39, 0.29) is 12.0 Å². The molecule has 0 fully saturated rings. The van der Waals surface area contributed by atoms with Gasteiger partial charge in [0, 0.05) is 51.9 Å². The lowest BCUT2D eigenvalue weighted by Crippen LogP contribution is -2.23. The number of rotatable bonds is 5. The van der Waals surface area contributed by atoms with E-state index in [1.54, 1.807) is 0 Å². The van der Waals surface area contributed by atoms with E-state index in [1.807, 2.05) is 60.7 Å². The van der Waals surface area contributed by atoms with Gasteiger partial charge in [0.25, 0.3) is 0 Å². The molecule has 2 atom stereocenters. The molecule has 1 aromatic heterocycles. The number of nitrogens with zero attached hydrogens (tertiary/aromatic N) is 5. The van der Waals surface area contributed by atoms with Gasteiger partial charge < -0.3 is 9.80 Å². The second-order valence-electron chi connectivity index (χ2n) is 12.3. The van der Waals surface area contributed by atoms with E-state index in [0.717, 1.165) is 28.9 Å². The van der Waals surface area contributed by atoms with Gasteiger partial charge in [-0.15, -0.1) is 0 Å². The molecule has 3 heterocycles. The van der Waals surface area contributed by atoms with Gasteiger partial charge in [0.2, 0.25) is 0 Å². The number of anilines is 4. The van der Waals surface area contributed by atoms with E-state index >= 15 is 0 Å². The van der Waals surface area contributed by atoms with Gasteiger partial charge in [0.15, 0.2) is 17.5 Å². The average Bonchev–Trinajstić information content (AvgIpc) is 3.45. The Kier molecular flexibility index (Phi) is 6.82. The zero-order valence-electron chi connectivity index (χ0n) is 26.6. The van der Waals surface area contributed by atoms with Crippen LogP contribution in [0.1, 0.15) is 35.6 Å². The molecule has 0 amide bonds. The summed E-state index contributed by atoms with van der Waals surface area (Å²) in [7, 11) is 0. The van der Waals surface area contributed by atoms with E-state index in [1.165, 1.54) is 33.8 Å². The van der Waals surface area contributed by atoms with Crippen LogP contribution in [0.3, 0.4) is 0 Å². The van der Waals surface area contributed by atoms with Gasteiger partial charge in [0.1, 0.15) is 0 Å². The van der Waals surface area contributed by atoms with Gasteiger partial charge in [-0.3, -0.25) is 0 Å². The molecule has 230 valence electrons. The largest absolute Gasteiger partial charge is 0.341 e. The van der Waals surface area contributed by atoms with Gasteiger partial charge in [-0.1, -0.05) is 127 Å². The molecule has 2 aliphatic rings. The van der Waals surface area contributed by atoms with Crippen molar-refractivity contribution in [1.82, 2.24) is 15.0 Å². The van der Waals surface area contributed by atoms with Crippen molar-refractivity contribution in [3.63, 3.8) is 0 Å². The first-order chi connectivity index (χ1) is 23.8. The lowest BCUT2D eigenvalue weighted by atomic mass is 9.84. The third-order valence-corrected chi connectivity index (χ3v) is 9.63. The summed E-state index contributed by atoms with van der Waals surface area (Å²) in [6.07, 6.45) is 0. The Labute approximate surface area is 280 Å². The summed E-state index contributed by atoms with van der Waals surface area (Å²) in [6.45, 7) is 3.13. The summed E-state index contributed by atoms with van der Waals surface area (Å²) in [5, 5.41) is 0. The van der Waals surface area contributed by atoms with Crippen molar-refractivity contribution < 1.29 is 0 Å². The second-order valence-corrected chi connectivity index (χ2v) is 12.3. The van der Waals surface area contributed by atoms with Crippen LogP contribution in [0.2, 0.25) is 0 Å². The minimum absolute atomic E-state index is 0.0599. The molecule has 2 unspecified atom stereocenters. The molecule has 0 aliphatic carbocycles. The fourth-order valence-electron chi connectivity index (χ4n) is 7.58. The van der Waals surface area contributed by atoms with Crippen LogP contribution in [0.5, 0.6) is 0 Å². The summed E-state index contributed by atoms with van der Waals surface area (Å²) in [5.41, 5.74) is 11.7. The molecule has 0 saturated carbocycles. The smallest absolute Gasteiger partial charge is 0.164 e. The van der Waals surface area contributed by atoms with Crippen molar-refractivity contribution in [2.24, 2.45) is 0 Å². The van der Waals surface area contributed by atoms with Crippen LogP contribution in [0.25, 0.3) is 34.2 Å². The highest BCUT2D eigenvalue weighted by atomic mass is 15.2. The predicted octanol–water partition coefficient (Wildman–Crippen LogP) is 10.4. The molecule has 0 spiro atoms. The number of para-hydroxylation sites is 3. The van der Waals surface area contributed by atoms with Gasteiger partial charge in [-0.25, -0.2) is 15.0 Å². The maximum Gasteiger partial charge on any atom is 0.164 e. The molecular weight excluding hydrogens is 587 g/mol. The molecule has 0 bridgehead atoms. The number of hydrogen-bond acceptors (Lipinski definition) is 5. The lowest BCUT2D eigenvalue weighted by molar-refractivity contribution is 0.665. The molecule has 9 rings (SSSR count). The predicted molar refractivity (Wildman–Crippen MR) is 195 cm³/mol. The van der Waals surface area contributed by atoms with Crippen LogP contribution in [0.15, 0.2) is 158 Å². The number of fused-ring (bicyclic) bond motifs is 7. The standard InChI is InChI=1S/C43H33N5/c1-2-47-36-25-12-9-22-33(36)39-34-23-10-14-27-38(34)48(40(39)35-24-11-13-26-37(35)47)32-21-15-20-31(28-32)43-45-41(29-16-5-3-6-17-29)44-42(46-43)30-18-7-4-8-19-30/h3-28,39-40H,2H2,1H3. The molecule has 48 heavy (non-hydrogen) atoms. The van der Waals surface area contributed by atoms with Gasteiger partial charge in [-0.05, 0) is 53.9 Å². The topological polar surface area (TPSA) is 45.2 Å². The fourth-order valence-corrected chi connectivity index (χ4v) is 7.58. The lowest BCUT2D eigenvalue weighted by Gasteiger charge is -2.32. The van der Waals surface area contributed by atoms with Crippen molar-refractivity contribution in [2.75, 3.05) is 16.3 Å². The van der Waals surface area contributed by atoms with E-state index in [2.05, 4.69) is 114 Å². The van der Waals surface area contributed by atoms with Crippen LogP contribution < -0.4 is 9.80 Å². The highest BCUT2D eigenvalue weighted by molar-refractivity contribution is 5.84. The van der Waals surface area contributed by atoms with Gasteiger partial charge in [0.05, 0.1) is 6.04 Å². The van der Waals surface area contributed by atoms with Crippen molar-refractivity contribution in [1.29, 1.82) is 0 Å². The molecule has 5 nitrogen and oxygen atoms in total. The highest BCUT2D eigenvalue weighted by Gasteiger charge is 2.45. The summed E-state index contributed by atoms with van der Waals surface area (Å²) in [4.78, 5) is 20.0. The first-order valence-electron chi connectivity index (χ1n) is 16.6. The first kappa shape index (κ1) is 28.2. The van der Waals surface area contributed by atoms with Crippen molar-refractivity contribution in [2.45, 2.75) is 18.9 Å². The van der Waals surface area contributed by atoms with Crippen LogP contribution in [0, 0.1) is 0 Å². The summed E-state index contributed by atoms with van der Waals surface area (Å²) >= 11 is 0. The molecule has 7 aromatic rings. The summed E-state index contributed by atoms with van der Waals surface area (Å²) < 4.78 is 0. The minimum atomic E-state index is 0.0599.